The summed E-state index contributed by atoms with van der Waals surface area (Å²) in [5, 5.41) is 2.70. The molecule has 24 heavy (non-hydrogen) atoms. The lowest BCUT2D eigenvalue weighted by Gasteiger charge is -2.21. The second-order valence-corrected chi connectivity index (χ2v) is 8.65. The highest BCUT2D eigenvalue weighted by Gasteiger charge is 2.30. The molecule has 1 aliphatic carbocycles. The molecule has 3 rings (SSSR count). The Kier molecular flexibility index (Phi) is 5.61. The van der Waals surface area contributed by atoms with E-state index in [-0.39, 0.29) is 16.8 Å². The Morgan fingerprint density at radius 3 is 2.54 bits per heavy atom. The zero-order valence-corrected chi connectivity index (χ0v) is 14.8. The van der Waals surface area contributed by atoms with Crippen LogP contribution in [0.15, 0.2) is 21.6 Å². The number of nitrogens with one attached hydrogen (secondary N) is 1. The van der Waals surface area contributed by atoms with Gasteiger partial charge in [0.25, 0.3) is 15.9 Å². The third-order valence-electron chi connectivity index (χ3n) is 5.03. The van der Waals surface area contributed by atoms with Crippen molar-refractivity contribution in [3.63, 3.8) is 0 Å². The molecule has 6 nitrogen and oxygen atoms in total. The van der Waals surface area contributed by atoms with Gasteiger partial charge >= 0.3 is 0 Å². The van der Waals surface area contributed by atoms with Crippen molar-refractivity contribution in [1.82, 2.24) is 9.62 Å². The highest BCUT2D eigenvalue weighted by atomic mass is 32.2. The number of hydrogen-bond acceptors (Lipinski definition) is 4. The van der Waals surface area contributed by atoms with Gasteiger partial charge < -0.3 is 9.73 Å². The van der Waals surface area contributed by atoms with E-state index in [4.69, 9.17) is 4.42 Å². The summed E-state index contributed by atoms with van der Waals surface area (Å²) in [5.41, 5.74) is 0. The Bertz CT molecular complexity index is 656. The maximum absolute atomic E-state index is 12.4. The first kappa shape index (κ1) is 17.5. The molecule has 2 fully saturated rings. The van der Waals surface area contributed by atoms with Crippen LogP contribution in [0.5, 0.6) is 0 Å². The van der Waals surface area contributed by atoms with Gasteiger partial charge in [0.2, 0.25) is 5.09 Å². The average Bonchev–Trinajstić information content (AvgIpc) is 3.28. The van der Waals surface area contributed by atoms with E-state index in [9.17, 15) is 13.2 Å². The average molecular weight is 354 g/mol. The predicted octanol–water partition coefficient (Wildman–Crippen LogP) is 2.76. The van der Waals surface area contributed by atoms with Crippen LogP contribution in [0.2, 0.25) is 0 Å². The van der Waals surface area contributed by atoms with Crippen LogP contribution in [0.3, 0.4) is 0 Å². The summed E-state index contributed by atoms with van der Waals surface area (Å²) in [5.74, 6) is 0.423. The quantitative estimate of drug-likeness (QED) is 0.852. The fourth-order valence-corrected chi connectivity index (χ4v) is 5.02. The Morgan fingerprint density at radius 2 is 1.83 bits per heavy atom. The summed E-state index contributed by atoms with van der Waals surface area (Å²) >= 11 is 0. The number of carbonyl (C=O) groups is 1. The summed E-state index contributed by atoms with van der Waals surface area (Å²) in [6.07, 6.45) is 9.10. The number of carbonyl (C=O) groups excluding carboxylic acids is 1. The van der Waals surface area contributed by atoms with E-state index in [0.717, 1.165) is 19.3 Å². The molecule has 0 bridgehead atoms. The number of amides is 1. The van der Waals surface area contributed by atoms with E-state index in [1.165, 1.54) is 48.5 Å². The van der Waals surface area contributed by atoms with Gasteiger partial charge in [-0.2, -0.15) is 4.31 Å². The standard InChI is InChI=1S/C17H26N2O4S/c20-17(18-11-10-14-6-2-1-3-7-14)15-8-9-16(23-15)24(21,22)19-12-4-5-13-19/h8-9,14H,1-7,10-13H2,(H,18,20). The molecule has 134 valence electrons. The largest absolute Gasteiger partial charge is 0.438 e. The Labute approximate surface area is 143 Å². The second kappa shape index (κ2) is 7.70. The molecule has 2 aliphatic rings. The van der Waals surface area contributed by atoms with Crippen molar-refractivity contribution in [1.29, 1.82) is 0 Å². The minimum Gasteiger partial charge on any atom is -0.438 e. The predicted molar refractivity (Wildman–Crippen MR) is 90.2 cm³/mol. The normalized spacial score (nSPS) is 20.3. The summed E-state index contributed by atoms with van der Waals surface area (Å²) < 4.78 is 31.5. The molecule has 2 heterocycles. The van der Waals surface area contributed by atoms with Crippen LogP contribution in [0.1, 0.15) is 61.9 Å². The summed E-state index contributed by atoms with van der Waals surface area (Å²) in [7, 11) is -3.60. The fourth-order valence-electron chi connectivity index (χ4n) is 3.59. The van der Waals surface area contributed by atoms with Crippen molar-refractivity contribution in [2.45, 2.75) is 56.5 Å². The summed E-state index contributed by atoms with van der Waals surface area (Å²) in [4.78, 5) is 12.1. The maximum atomic E-state index is 12.4. The Hall–Kier alpha value is -1.34. The van der Waals surface area contributed by atoms with Gasteiger partial charge in [0.15, 0.2) is 5.76 Å². The first-order chi connectivity index (χ1) is 11.6. The smallest absolute Gasteiger partial charge is 0.287 e. The van der Waals surface area contributed by atoms with Gasteiger partial charge in [-0.25, -0.2) is 8.42 Å². The minimum absolute atomic E-state index is 0.0661. The Balaban J connectivity index is 1.53. The van der Waals surface area contributed by atoms with E-state index in [1.54, 1.807) is 0 Å². The van der Waals surface area contributed by atoms with E-state index < -0.39 is 10.0 Å². The number of rotatable bonds is 6. The SMILES string of the molecule is O=C(NCCC1CCCCC1)c1ccc(S(=O)(=O)N2CCCC2)o1. The lowest BCUT2D eigenvalue weighted by atomic mass is 9.87. The number of furan rings is 1. The van der Waals surface area contributed by atoms with Crippen molar-refractivity contribution in [3.05, 3.63) is 17.9 Å². The van der Waals surface area contributed by atoms with Crippen LogP contribution in [-0.4, -0.2) is 38.3 Å². The monoisotopic (exact) mass is 354 g/mol. The molecule has 1 saturated carbocycles. The van der Waals surface area contributed by atoms with Gasteiger partial charge in [0.05, 0.1) is 0 Å². The van der Waals surface area contributed by atoms with Crippen LogP contribution >= 0.6 is 0 Å². The molecular weight excluding hydrogens is 328 g/mol. The first-order valence-electron chi connectivity index (χ1n) is 8.95. The molecule has 1 saturated heterocycles. The van der Waals surface area contributed by atoms with E-state index >= 15 is 0 Å². The molecule has 7 heteroatoms. The van der Waals surface area contributed by atoms with Gasteiger partial charge in [-0.05, 0) is 37.3 Å². The van der Waals surface area contributed by atoms with E-state index in [1.807, 2.05) is 0 Å². The lowest BCUT2D eigenvalue weighted by molar-refractivity contribution is 0.0917. The minimum atomic E-state index is -3.60. The van der Waals surface area contributed by atoms with Gasteiger partial charge in [0.1, 0.15) is 0 Å². The van der Waals surface area contributed by atoms with E-state index in [0.29, 0.717) is 25.6 Å². The van der Waals surface area contributed by atoms with Gasteiger partial charge in [0, 0.05) is 19.6 Å². The molecule has 1 aromatic heterocycles. The van der Waals surface area contributed by atoms with Crippen molar-refractivity contribution >= 4 is 15.9 Å². The van der Waals surface area contributed by atoms with Gasteiger partial charge in [-0.1, -0.05) is 32.1 Å². The highest BCUT2D eigenvalue weighted by Crippen LogP contribution is 2.26. The highest BCUT2D eigenvalue weighted by molar-refractivity contribution is 7.89. The molecule has 1 aromatic rings. The zero-order valence-electron chi connectivity index (χ0n) is 14.0. The van der Waals surface area contributed by atoms with Crippen LogP contribution in [0.25, 0.3) is 0 Å². The van der Waals surface area contributed by atoms with Crippen LogP contribution in [0.4, 0.5) is 0 Å². The molecular formula is C17H26N2O4S. The van der Waals surface area contributed by atoms with Crippen molar-refractivity contribution in [2.24, 2.45) is 5.92 Å². The first-order valence-corrected chi connectivity index (χ1v) is 10.4. The molecule has 0 aromatic carbocycles. The van der Waals surface area contributed by atoms with Crippen molar-refractivity contribution < 1.29 is 17.6 Å². The molecule has 0 atom stereocenters. The Morgan fingerprint density at radius 1 is 1.12 bits per heavy atom. The molecule has 0 radical (unpaired) electrons. The number of sulfonamides is 1. The van der Waals surface area contributed by atoms with Gasteiger partial charge in [-0.15, -0.1) is 0 Å². The van der Waals surface area contributed by atoms with Crippen molar-refractivity contribution in [3.8, 4) is 0 Å². The topological polar surface area (TPSA) is 79.6 Å². The van der Waals surface area contributed by atoms with Gasteiger partial charge in [-0.3, -0.25) is 4.79 Å². The van der Waals surface area contributed by atoms with Crippen molar-refractivity contribution in [2.75, 3.05) is 19.6 Å². The fraction of sp³-hybridized carbons (Fsp3) is 0.706. The molecule has 0 spiro atoms. The third kappa shape index (κ3) is 4.00. The molecule has 1 amide bonds. The van der Waals surface area contributed by atoms with Crippen LogP contribution in [0, 0.1) is 5.92 Å². The van der Waals surface area contributed by atoms with Crippen LogP contribution in [-0.2, 0) is 10.0 Å². The number of hydrogen-bond donors (Lipinski definition) is 1. The number of nitrogens with zero attached hydrogens (tertiary/aromatic N) is 1. The zero-order chi connectivity index (χ0) is 17.0. The lowest BCUT2D eigenvalue weighted by Crippen LogP contribution is -2.28. The molecule has 0 unspecified atom stereocenters. The van der Waals surface area contributed by atoms with Crippen LogP contribution < -0.4 is 5.32 Å². The molecule has 1 aliphatic heterocycles. The maximum Gasteiger partial charge on any atom is 0.287 e. The second-order valence-electron chi connectivity index (χ2n) is 6.78. The molecule has 1 N–H and O–H groups in total. The summed E-state index contributed by atoms with van der Waals surface area (Å²) in [6, 6.07) is 2.82. The third-order valence-corrected chi connectivity index (χ3v) is 6.80. The van der Waals surface area contributed by atoms with E-state index in [2.05, 4.69) is 5.32 Å². The summed E-state index contributed by atoms with van der Waals surface area (Å²) in [6.45, 7) is 1.65.